The highest BCUT2D eigenvalue weighted by Crippen LogP contribution is 2.01. The number of carbonyl (C=O) groups is 2. The second kappa shape index (κ2) is 8.13. The SMILES string of the molecule is CC(C)CCCNC(=O)NCc1cn(CC(=O)O)nn1. The van der Waals surface area contributed by atoms with Crippen LogP contribution in [0.2, 0.25) is 0 Å². The summed E-state index contributed by atoms with van der Waals surface area (Å²) in [5.41, 5.74) is 0.517. The standard InChI is InChI=1S/C12H21N5O3/c1-9(2)4-3-5-13-12(20)14-6-10-7-17(16-15-10)8-11(18)19/h7,9H,3-6,8H2,1-2H3,(H,18,19)(H2,13,14,20). The van der Waals surface area contributed by atoms with E-state index in [0.717, 1.165) is 12.8 Å². The first kappa shape index (κ1) is 15.9. The lowest BCUT2D eigenvalue weighted by Crippen LogP contribution is -2.35. The van der Waals surface area contributed by atoms with Gasteiger partial charge >= 0.3 is 12.0 Å². The van der Waals surface area contributed by atoms with Gasteiger partial charge in [0.2, 0.25) is 0 Å². The van der Waals surface area contributed by atoms with Gasteiger partial charge in [-0.2, -0.15) is 0 Å². The number of carboxylic acid groups (broad SMARTS) is 1. The summed E-state index contributed by atoms with van der Waals surface area (Å²) in [6, 6.07) is -0.262. The van der Waals surface area contributed by atoms with Gasteiger partial charge in [-0.3, -0.25) is 4.79 Å². The van der Waals surface area contributed by atoms with Crippen LogP contribution in [0.25, 0.3) is 0 Å². The Kier molecular flexibility index (Phi) is 6.48. The van der Waals surface area contributed by atoms with E-state index in [0.29, 0.717) is 18.2 Å². The van der Waals surface area contributed by atoms with E-state index in [9.17, 15) is 9.59 Å². The number of carbonyl (C=O) groups excluding carboxylic acids is 1. The minimum Gasteiger partial charge on any atom is -0.480 e. The fourth-order valence-corrected chi connectivity index (χ4v) is 1.58. The van der Waals surface area contributed by atoms with Crippen LogP contribution in [0.3, 0.4) is 0 Å². The van der Waals surface area contributed by atoms with Gasteiger partial charge in [0.15, 0.2) is 0 Å². The number of urea groups is 1. The fraction of sp³-hybridized carbons (Fsp3) is 0.667. The molecule has 0 saturated carbocycles. The fourth-order valence-electron chi connectivity index (χ4n) is 1.58. The summed E-state index contributed by atoms with van der Waals surface area (Å²) in [5, 5.41) is 21.4. The van der Waals surface area contributed by atoms with Crippen molar-refractivity contribution in [3.8, 4) is 0 Å². The number of nitrogens with one attached hydrogen (secondary N) is 2. The maximum absolute atomic E-state index is 11.5. The average Bonchev–Trinajstić information content (AvgIpc) is 2.78. The highest BCUT2D eigenvalue weighted by atomic mass is 16.4. The second-order valence-electron chi connectivity index (χ2n) is 4.95. The largest absolute Gasteiger partial charge is 0.480 e. The zero-order valence-corrected chi connectivity index (χ0v) is 11.8. The van der Waals surface area contributed by atoms with Crippen molar-refractivity contribution in [2.75, 3.05) is 6.54 Å². The van der Waals surface area contributed by atoms with Gasteiger partial charge in [-0.05, 0) is 18.8 Å². The molecular weight excluding hydrogens is 262 g/mol. The van der Waals surface area contributed by atoms with Crippen LogP contribution in [0.15, 0.2) is 6.20 Å². The highest BCUT2D eigenvalue weighted by molar-refractivity contribution is 5.73. The molecule has 1 aromatic rings. The smallest absolute Gasteiger partial charge is 0.325 e. The van der Waals surface area contributed by atoms with Crippen LogP contribution in [0.5, 0.6) is 0 Å². The molecule has 0 aliphatic heterocycles. The molecule has 0 aliphatic carbocycles. The number of rotatable bonds is 8. The lowest BCUT2D eigenvalue weighted by molar-refractivity contribution is -0.137. The van der Waals surface area contributed by atoms with Crippen LogP contribution >= 0.6 is 0 Å². The zero-order valence-electron chi connectivity index (χ0n) is 11.8. The van der Waals surface area contributed by atoms with Gasteiger partial charge in [0.05, 0.1) is 12.7 Å². The van der Waals surface area contributed by atoms with Crippen molar-refractivity contribution < 1.29 is 14.7 Å². The molecule has 0 saturated heterocycles. The van der Waals surface area contributed by atoms with E-state index in [1.807, 2.05) is 0 Å². The van der Waals surface area contributed by atoms with E-state index in [2.05, 4.69) is 34.8 Å². The van der Waals surface area contributed by atoms with E-state index in [1.54, 1.807) is 0 Å². The topological polar surface area (TPSA) is 109 Å². The third kappa shape index (κ3) is 6.72. The molecule has 2 amide bonds. The van der Waals surface area contributed by atoms with Gasteiger partial charge in [0.25, 0.3) is 0 Å². The molecule has 1 aromatic heterocycles. The minimum absolute atomic E-state index is 0.218. The number of hydrogen-bond acceptors (Lipinski definition) is 4. The van der Waals surface area contributed by atoms with E-state index >= 15 is 0 Å². The minimum atomic E-state index is -0.989. The van der Waals surface area contributed by atoms with Crippen molar-refractivity contribution in [2.45, 2.75) is 39.8 Å². The van der Waals surface area contributed by atoms with Gasteiger partial charge < -0.3 is 15.7 Å². The van der Waals surface area contributed by atoms with Crippen molar-refractivity contribution >= 4 is 12.0 Å². The second-order valence-corrected chi connectivity index (χ2v) is 4.95. The van der Waals surface area contributed by atoms with Crippen LogP contribution in [0, 0.1) is 5.92 Å². The first-order valence-corrected chi connectivity index (χ1v) is 6.60. The maximum Gasteiger partial charge on any atom is 0.325 e. The van der Waals surface area contributed by atoms with Gasteiger partial charge in [-0.25, -0.2) is 9.48 Å². The molecule has 0 aliphatic rings. The molecule has 0 unspecified atom stereocenters. The Labute approximate surface area is 117 Å². The molecule has 8 heteroatoms. The van der Waals surface area contributed by atoms with Crippen molar-refractivity contribution in [2.24, 2.45) is 5.92 Å². The van der Waals surface area contributed by atoms with Crippen molar-refractivity contribution in [1.29, 1.82) is 0 Å². The summed E-state index contributed by atoms with van der Waals surface area (Å²) in [7, 11) is 0. The van der Waals surface area contributed by atoms with Gasteiger partial charge in [0, 0.05) is 6.54 Å². The predicted octanol–water partition coefficient (Wildman–Crippen LogP) is 0.598. The van der Waals surface area contributed by atoms with Gasteiger partial charge in [-0.1, -0.05) is 19.1 Å². The van der Waals surface area contributed by atoms with E-state index in [1.165, 1.54) is 10.9 Å². The number of hydrogen-bond donors (Lipinski definition) is 3. The number of aliphatic carboxylic acids is 1. The van der Waals surface area contributed by atoms with Crippen LogP contribution in [-0.2, 0) is 17.9 Å². The summed E-state index contributed by atoms with van der Waals surface area (Å²) in [4.78, 5) is 21.9. The van der Waals surface area contributed by atoms with Crippen LogP contribution in [0.1, 0.15) is 32.4 Å². The number of amides is 2. The van der Waals surface area contributed by atoms with E-state index in [4.69, 9.17) is 5.11 Å². The molecule has 3 N–H and O–H groups in total. The number of aromatic nitrogens is 3. The van der Waals surface area contributed by atoms with Crippen LogP contribution in [-0.4, -0.2) is 38.6 Å². The summed E-state index contributed by atoms with van der Waals surface area (Å²) >= 11 is 0. The lowest BCUT2D eigenvalue weighted by atomic mass is 10.1. The molecule has 0 spiro atoms. The van der Waals surface area contributed by atoms with E-state index < -0.39 is 5.97 Å². The van der Waals surface area contributed by atoms with Crippen LogP contribution < -0.4 is 10.6 Å². The Morgan fingerprint density at radius 3 is 2.80 bits per heavy atom. The third-order valence-electron chi connectivity index (χ3n) is 2.56. The highest BCUT2D eigenvalue weighted by Gasteiger charge is 2.06. The predicted molar refractivity (Wildman–Crippen MR) is 72.0 cm³/mol. The molecule has 0 bridgehead atoms. The molecular formula is C12H21N5O3. The molecule has 8 nitrogen and oxygen atoms in total. The summed E-state index contributed by atoms with van der Waals surface area (Å²) in [6.45, 7) is 4.89. The molecule has 0 radical (unpaired) electrons. The normalized spacial score (nSPS) is 10.6. The first-order chi connectivity index (χ1) is 9.47. The quantitative estimate of drug-likeness (QED) is 0.605. The molecule has 1 rings (SSSR count). The molecule has 20 heavy (non-hydrogen) atoms. The van der Waals surface area contributed by atoms with E-state index in [-0.39, 0.29) is 19.1 Å². The Balaban J connectivity index is 2.20. The number of carboxylic acids is 1. The Bertz CT molecular complexity index is 444. The van der Waals surface area contributed by atoms with Gasteiger partial charge in [-0.15, -0.1) is 5.10 Å². The van der Waals surface area contributed by atoms with Crippen molar-refractivity contribution in [3.05, 3.63) is 11.9 Å². The van der Waals surface area contributed by atoms with Gasteiger partial charge in [0.1, 0.15) is 12.2 Å². The monoisotopic (exact) mass is 283 g/mol. The third-order valence-corrected chi connectivity index (χ3v) is 2.56. The maximum atomic E-state index is 11.5. The summed E-state index contributed by atoms with van der Waals surface area (Å²) in [6.07, 6.45) is 3.51. The van der Waals surface area contributed by atoms with Crippen LogP contribution in [0.4, 0.5) is 4.79 Å². The Morgan fingerprint density at radius 2 is 2.15 bits per heavy atom. The summed E-state index contributed by atoms with van der Waals surface area (Å²) < 4.78 is 1.21. The lowest BCUT2D eigenvalue weighted by Gasteiger charge is -2.07. The number of nitrogens with zero attached hydrogens (tertiary/aromatic N) is 3. The first-order valence-electron chi connectivity index (χ1n) is 6.60. The molecule has 0 atom stereocenters. The molecule has 0 fully saturated rings. The molecule has 0 aromatic carbocycles. The summed E-state index contributed by atoms with van der Waals surface area (Å²) in [5.74, 6) is -0.360. The average molecular weight is 283 g/mol. The molecule has 1 heterocycles. The molecule has 112 valence electrons. The van der Waals surface area contributed by atoms with Crippen molar-refractivity contribution in [3.63, 3.8) is 0 Å². The Morgan fingerprint density at radius 1 is 1.40 bits per heavy atom. The van der Waals surface area contributed by atoms with Crippen molar-refractivity contribution in [1.82, 2.24) is 25.6 Å². The zero-order chi connectivity index (χ0) is 15.0. The Hall–Kier alpha value is -2.12.